The van der Waals surface area contributed by atoms with E-state index in [1.165, 1.54) is 66.9 Å². The minimum Gasteiger partial charge on any atom is -0.469 e. The average Bonchev–Trinajstić information content (AvgIpc) is 4.17. The molecule has 11 nitrogen and oxygen atoms in total. The molecule has 1 N–H and O–H groups in total. The Bertz CT molecular complexity index is 2570. The highest BCUT2D eigenvalue weighted by atomic mass is 16.5. The molecule has 5 aliphatic rings. The molecule has 1 saturated carbocycles. The molecule has 2 amide bonds. The van der Waals surface area contributed by atoms with E-state index in [1.54, 1.807) is 0 Å². The fraction of sp³-hybridized carbons (Fsp3) is 0.519. The van der Waals surface area contributed by atoms with Crippen LogP contribution < -0.4 is 0 Å². The summed E-state index contributed by atoms with van der Waals surface area (Å²) in [6.07, 6.45) is 9.03. The fourth-order valence-corrected chi connectivity index (χ4v) is 11.9. The molecule has 0 radical (unpaired) electrons. The van der Waals surface area contributed by atoms with E-state index in [0.717, 1.165) is 53.0 Å². The summed E-state index contributed by atoms with van der Waals surface area (Å²) in [5, 5.41) is 0. The highest BCUT2D eigenvalue weighted by Gasteiger charge is 2.44. The van der Waals surface area contributed by atoms with Gasteiger partial charge in [-0.15, -0.1) is 0 Å². The van der Waals surface area contributed by atoms with Gasteiger partial charge in [-0.05, 0) is 132 Å². The van der Waals surface area contributed by atoms with E-state index < -0.39 is 11.8 Å². The van der Waals surface area contributed by atoms with Gasteiger partial charge >= 0.3 is 11.9 Å². The second-order valence-electron chi connectivity index (χ2n) is 20.4. The number of aromatic amines is 1. The number of nitrogens with zero attached hydrogens (tertiary/aromatic N) is 4. The van der Waals surface area contributed by atoms with Gasteiger partial charge in [0.1, 0.15) is 5.82 Å². The number of allylic oxidation sites excluding steroid dienone is 1. The van der Waals surface area contributed by atoms with Crippen molar-refractivity contribution in [3.8, 4) is 22.3 Å². The van der Waals surface area contributed by atoms with Gasteiger partial charge in [-0.3, -0.25) is 24.2 Å². The van der Waals surface area contributed by atoms with Crippen LogP contribution in [-0.4, -0.2) is 82.1 Å². The zero-order valence-electron chi connectivity index (χ0n) is 39.4. The van der Waals surface area contributed by atoms with Crippen LogP contribution in [0.2, 0.25) is 0 Å². The van der Waals surface area contributed by atoms with E-state index in [1.807, 2.05) is 43.7 Å². The van der Waals surface area contributed by atoms with E-state index in [0.29, 0.717) is 30.7 Å². The van der Waals surface area contributed by atoms with Crippen LogP contribution in [-0.2, 0) is 28.7 Å². The lowest BCUT2D eigenvalue weighted by Crippen LogP contribution is -2.45. The van der Waals surface area contributed by atoms with Crippen molar-refractivity contribution in [1.29, 1.82) is 0 Å². The Morgan fingerprint density at radius 2 is 1.32 bits per heavy atom. The number of H-pyrrole nitrogens is 1. The van der Waals surface area contributed by atoms with Crippen LogP contribution in [0.1, 0.15) is 140 Å². The molecule has 0 spiro atoms. The van der Waals surface area contributed by atoms with Gasteiger partial charge in [0, 0.05) is 30.9 Å². The SMILES string of the molecule is COC(=O)CC(C(=O)N1CC(C)CC1C1=NC=C(c2ccc(-c3ccc(-c4ccc5nc(C6CCC(C)N6C(=O)C(CC(=O)OC)C(C)C)[nH]c5c4)c4c3C3CCC4C3)cc2)C1)C(C)C. The number of benzene rings is 3. The van der Waals surface area contributed by atoms with E-state index in [-0.39, 0.29) is 66.6 Å². The first-order valence-electron chi connectivity index (χ1n) is 24.0. The smallest absolute Gasteiger partial charge is 0.306 e. The molecule has 1 aromatic heterocycles. The third-order valence-corrected chi connectivity index (χ3v) is 15.6. The van der Waals surface area contributed by atoms with Gasteiger partial charge in [0.25, 0.3) is 0 Å². The Balaban J connectivity index is 0.933. The Labute approximate surface area is 383 Å². The minimum atomic E-state index is -0.449. The standard InChI is InChI=1S/C54H65N5O6/c1-29(2)41(25-48(60)64-7)53(62)58-28-31(5)21-47(58)45-24-38(27-55-45)33-10-12-34(13-11-33)39-17-18-40(51-37-15-14-36(22-37)50(39)51)35-16-19-43-44(23-35)57-52(56-43)46-20-9-32(6)59(46)54(63)42(30(3)4)26-49(61)65-8/h10-13,16-19,23,27,29-32,36-37,41-42,46-47H,9,14-15,20-22,24-26,28H2,1-8H3,(H,56,57). The number of aliphatic imine (C=N–C) groups is 1. The summed E-state index contributed by atoms with van der Waals surface area (Å²) < 4.78 is 9.90. The average molecular weight is 880 g/mol. The van der Waals surface area contributed by atoms with Gasteiger partial charge in [0.05, 0.1) is 62.0 Å². The van der Waals surface area contributed by atoms with E-state index in [2.05, 4.69) is 73.4 Å². The van der Waals surface area contributed by atoms with Crippen LogP contribution in [0, 0.1) is 29.6 Å². The predicted octanol–water partition coefficient (Wildman–Crippen LogP) is 10.4. The number of ether oxygens (including phenoxy) is 2. The first-order valence-corrected chi connectivity index (χ1v) is 24.0. The first kappa shape index (κ1) is 44.6. The van der Waals surface area contributed by atoms with Crippen molar-refractivity contribution in [1.82, 2.24) is 19.8 Å². The van der Waals surface area contributed by atoms with Crippen molar-refractivity contribution < 1.29 is 28.7 Å². The number of hydrogen-bond donors (Lipinski definition) is 1. The van der Waals surface area contributed by atoms with Crippen LogP contribution in [0.25, 0.3) is 38.9 Å². The van der Waals surface area contributed by atoms with E-state index >= 15 is 0 Å². The second kappa shape index (κ2) is 18.0. The summed E-state index contributed by atoms with van der Waals surface area (Å²) in [5.74, 6) is 0.688. The number of rotatable bonds is 13. The normalized spacial score (nSPS) is 24.5. The Morgan fingerprint density at radius 3 is 1.95 bits per heavy atom. The summed E-state index contributed by atoms with van der Waals surface area (Å²) in [4.78, 5) is 70.1. The molecule has 3 fully saturated rings. The zero-order chi connectivity index (χ0) is 45.8. The monoisotopic (exact) mass is 879 g/mol. The van der Waals surface area contributed by atoms with Crippen molar-refractivity contribution in [2.75, 3.05) is 20.8 Å². The third-order valence-electron chi connectivity index (χ3n) is 15.6. The number of imidazole rings is 1. The van der Waals surface area contributed by atoms with E-state index in [9.17, 15) is 19.2 Å². The number of carbonyl (C=O) groups excluding carboxylic acids is 4. The second-order valence-corrected chi connectivity index (χ2v) is 20.4. The summed E-state index contributed by atoms with van der Waals surface area (Å²) in [7, 11) is 2.75. The molecular weight excluding hydrogens is 815 g/mol. The summed E-state index contributed by atoms with van der Waals surface area (Å²) in [5.41, 5.74) is 13.2. The lowest BCUT2D eigenvalue weighted by molar-refractivity contribution is -0.149. The van der Waals surface area contributed by atoms with Gasteiger partial charge in [-0.2, -0.15) is 0 Å². The maximum absolute atomic E-state index is 14.1. The number of carbonyl (C=O) groups is 4. The van der Waals surface area contributed by atoms with Crippen molar-refractivity contribution in [2.45, 2.75) is 129 Å². The van der Waals surface area contributed by atoms with Crippen LogP contribution in [0.5, 0.6) is 0 Å². The molecule has 11 heteroatoms. The molecule has 4 aromatic rings. The van der Waals surface area contributed by atoms with Gasteiger partial charge in [-0.25, -0.2) is 4.98 Å². The van der Waals surface area contributed by atoms with Gasteiger partial charge in [-0.1, -0.05) is 77.1 Å². The molecule has 342 valence electrons. The predicted molar refractivity (Wildman–Crippen MR) is 254 cm³/mol. The number of aromatic nitrogens is 2. The summed E-state index contributed by atoms with van der Waals surface area (Å²) in [6, 6.07) is 20.0. The molecule has 8 atom stereocenters. The van der Waals surface area contributed by atoms with Crippen molar-refractivity contribution in [2.24, 2.45) is 34.6 Å². The molecule has 2 saturated heterocycles. The Morgan fingerprint density at radius 1 is 0.723 bits per heavy atom. The van der Waals surface area contributed by atoms with Crippen molar-refractivity contribution in [3.05, 3.63) is 83.3 Å². The maximum Gasteiger partial charge on any atom is 0.306 e. The number of fused-ring (bicyclic) bond motifs is 6. The molecule has 2 aliphatic carbocycles. The quantitative estimate of drug-likeness (QED) is 0.132. The molecule has 4 heterocycles. The van der Waals surface area contributed by atoms with Crippen LogP contribution >= 0.6 is 0 Å². The van der Waals surface area contributed by atoms with Crippen molar-refractivity contribution in [3.63, 3.8) is 0 Å². The number of hydrogen-bond acceptors (Lipinski definition) is 8. The minimum absolute atomic E-state index is 0.00134. The summed E-state index contributed by atoms with van der Waals surface area (Å²) in [6.45, 7) is 12.9. The lowest BCUT2D eigenvalue weighted by Gasteiger charge is -2.32. The fourth-order valence-electron chi connectivity index (χ4n) is 11.9. The number of esters is 2. The molecule has 65 heavy (non-hydrogen) atoms. The zero-order valence-corrected chi connectivity index (χ0v) is 39.4. The number of likely N-dealkylation sites (tertiary alicyclic amines) is 2. The number of methoxy groups -OCH3 is 2. The highest BCUT2D eigenvalue weighted by Crippen LogP contribution is 2.58. The first-order chi connectivity index (χ1) is 31.2. The Hall–Kier alpha value is -5.58. The van der Waals surface area contributed by atoms with Crippen LogP contribution in [0.15, 0.2) is 65.8 Å². The Kier molecular flexibility index (Phi) is 12.4. The lowest BCUT2D eigenvalue weighted by atomic mass is 9.81. The molecule has 8 unspecified atom stereocenters. The van der Waals surface area contributed by atoms with Gasteiger partial charge in [0.15, 0.2) is 0 Å². The van der Waals surface area contributed by atoms with Crippen LogP contribution in [0.3, 0.4) is 0 Å². The van der Waals surface area contributed by atoms with Crippen molar-refractivity contribution >= 4 is 46.1 Å². The molecule has 3 aliphatic heterocycles. The van der Waals surface area contributed by atoms with Gasteiger partial charge in [0.2, 0.25) is 11.8 Å². The maximum atomic E-state index is 14.1. The van der Waals surface area contributed by atoms with E-state index in [4.69, 9.17) is 19.5 Å². The molecule has 2 bridgehead atoms. The molecular formula is C54H65N5O6. The van der Waals surface area contributed by atoms with Gasteiger partial charge < -0.3 is 24.3 Å². The largest absolute Gasteiger partial charge is 0.469 e. The molecule has 3 aromatic carbocycles. The van der Waals surface area contributed by atoms with Crippen LogP contribution in [0.4, 0.5) is 0 Å². The number of nitrogens with one attached hydrogen (secondary N) is 1. The molecule has 9 rings (SSSR count). The number of amides is 2. The third kappa shape index (κ3) is 8.33. The summed E-state index contributed by atoms with van der Waals surface area (Å²) >= 11 is 0. The topological polar surface area (TPSA) is 134 Å². The highest BCUT2D eigenvalue weighted by molar-refractivity contribution is 6.03.